The van der Waals surface area contributed by atoms with Gasteiger partial charge in [0.15, 0.2) is 11.6 Å². The summed E-state index contributed by atoms with van der Waals surface area (Å²) in [5, 5.41) is 2.49. The Morgan fingerprint density at radius 3 is 2.64 bits per heavy atom. The van der Waals surface area contributed by atoms with Gasteiger partial charge < -0.3 is 9.88 Å². The second kappa shape index (κ2) is 8.50. The highest BCUT2D eigenvalue weighted by atomic mass is 35.5. The summed E-state index contributed by atoms with van der Waals surface area (Å²) in [7, 11) is -2.72. The van der Waals surface area contributed by atoms with Crippen molar-refractivity contribution in [1.82, 2.24) is 13.9 Å². The van der Waals surface area contributed by atoms with Crippen LogP contribution in [0.4, 0.5) is 30.2 Å². The maximum Gasteiger partial charge on any atom is 0.301 e. The zero-order valence-corrected chi connectivity index (χ0v) is 19.1. The third-order valence-corrected chi connectivity index (χ3v) is 7.32. The van der Waals surface area contributed by atoms with Gasteiger partial charge in [0, 0.05) is 31.9 Å². The quantitative estimate of drug-likeness (QED) is 0.521. The number of hydrogen-bond donors (Lipinski definition) is 2. The van der Waals surface area contributed by atoms with Gasteiger partial charge in [0.2, 0.25) is 0 Å². The van der Waals surface area contributed by atoms with Crippen LogP contribution in [0.15, 0.2) is 29.3 Å². The molecule has 0 radical (unpaired) electrons. The maximum atomic E-state index is 14.7. The summed E-state index contributed by atoms with van der Waals surface area (Å²) in [6.45, 7) is 1.20. The SMILES string of the molecule is Cc1c(Nc2c(F)c(F)cc(NS(=O)(=O)N3CC[C@@H](F)C3)c2Cl)ccc2ncn(C)c(=O)c12. The fourth-order valence-corrected chi connectivity index (χ4v) is 5.18. The fraction of sp³-hybridized carbons (Fsp3) is 0.300. The van der Waals surface area contributed by atoms with Crippen molar-refractivity contribution < 1.29 is 21.6 Å². The predicted molar refractivity (Wildman–Crippen MR) is 120 cm³/mol. The highest BCUT2D eigenvalue weighted by Gasteiger charge is 2.32. The average Bonchev–Trinajstić information content (AvgIpc) is 3.20. The molecular weight excluding hydrogens is 483 g/mol. The molecule has 8 nitrogen and oxygen atoms in total. The van der Waals surface area contributed by atoms with Gasteiger partial charge in [-0.1, -0.05) is 11.6 Å². The van der Waals surface area contributed by atoms with Gasteiger partial charge in [-0.3, -0.25) is 9.52 Å². The van der Waals surface area contributed by atoms with Crippen LogP contribution in [0.1, 0.15) is 12.0 Å². The highest BCUT2D eigenvalue weighted by Crippen LogP contribution is 2.38. The number of fused-ring (bicyclic) bond motifs is 1. The van der Waals surface area contributed by atoms with Crippen LogP contribution in [0.2, 0.25) is 5.02 Å². The molecule has 1 saturated heterocycles. The van der Waals surface area contributed by atoms with Crippen molar-refractivity contribution in [1.29, 1.82) is 0 Å². The van der Waals surface area contributed by atoms with E-state index in [4.69, 9.17) is 11.6 Å². The molecule has 0 amide bonds. The first kappa shape index (κ1) is 23.3. The molecule has 33 heavy (non-hydrogen) atoms. The average molecular weight is 502 g/mol. The lowest BCUT2D eigenvalue weighted by Crippen LogP contribution is -2.34. The van der Waals surface area contributed by atoms with E-state index in [0.29, 0.717) is 17.1 Å². The smallest absolute Gasteiger partial charge is 0.301 e. The summed E-state index contributed by atoms with van der Waals surface area (Å²) in [6.07, 6.45) is 0.0937. The molecule has 1 aliphatic heterocycles. The second-order valence-electron chi connectivity index (χ2n) is 7.68. The summed E-state index contributed by atoms with van der Waals surface area (Å²) < 4.78 is 71.8. The van der Waals surface area contributed by atoms with Crippen molar-refractivity contribution in [2.24, 2.45) is 7.05 Å². The number of hydrogen-bond acceptors (Lipinski definition) is 5. The van der Waals surface area contributed by atoms with Crippen molar-refractivity contribution in [3.8, 4) is 0 Å². The fourth-order valence-electron chi connectivity index (χ4n) is 3.62. The minimum atomic E-state index is -4.25. The van der Waals surface area contributed by atoms with E-state index in [2.05, 4.69) is 15.0 Å². The van der Waals surface area contributed by atoms with Crippen LogP contribution in [0.25, 0.3) is 10.9 Å². The van der Waals surface area contributed by atoms with E-state index in [9.17, 15) is 26.4 Å². The van der Waals surface area contributed by atoms with Gasteiger partial charge in [-0.05, 0) is 31.0 Å². The van der Waals surface area contributed by atoms with Crippen LogP contribution in [0.5, 0.6) is 0 Å². The topological polar surface area (TPSA) is 96.3 Å². The van der Waals surface area contributed by atoms with Crippen LogP contribution in [0.3, 0.4) is 0 Å². The van der Waals surface area contributed by atoms with E-state index in [1.807, 2.05) is 0 Å². The Hall–Kier alpha value is -2.83. The van der Waals surface area contributed by atoms with Crippen molar-refractivity contribution in [2.75, 3.05) is 23.1 Å². The van der Waals surface area contributed by atoms with E-state index in [0.717, 1.165) is 4.31 Å². The van der Waals surface area contributed by atoms with Gasteiger partial charge in [0.1, 0.15) is 6.17 Å². The summed E-state index contributed by atoms with van der Waals surface area (Å²) in [4.78, 5) is 16.7. The third-order valence-electron chi connectivity index (χ3n) is 5.44. The van der Waals surface area contributed by atoms with Crippen LogP contribution in [0, 0.1) is 18.6 Å². The minimum absolute atomic E-state index is 0.0365. The van der Waals surface area contributed by atoms with E-state index in [1.54, 1.807) is 6.92 Å². The van der Waals surface area contributed by atoms with Crippen LogP contribution < -0.4 is 15.6 Å². The van der Waals surface area contributed by atoms with Crippen molar-refractivity contribution in [3.63, 3.8) is 0 Å². The highest BCUT2D eigenvalue weighted by molar-refractivity contribution is 7.90. The van der Waals surface area contributed by atoms with E-state index in [-0.39, 0.29) is 36.1 Å². The Balaban J connectivity index is 1.75. The first-order chi connectivity index (χ1) is 15.5. The van der Waals surface area contributed by atoms with Crippen molar-refractivity contribution in [2.45, 2.75) is 19.5 Å². The summed E-state index contributed by atoms with van der Waals surface area (Å²) in [5.74, 6) is -2.70. The molecule has 1 aromatic heterocycles. The number of halogens is 4. The lowest BCUT2D eigenvalue weighted by molar-refractivity contribution is 0.343. The number of anilines is 3. The van der Waals surface area contributed by atoms with E-state index in [1.165, 1.54) is 30.1 Å². The molecule has 1 fully saturated rings. The number of nitrogens with one attached hydrogen (secondary N) is 2. The number of aromatic nitrogens is 2. The lowest BCUT2D eigenvalue weighted by atomic mass is 10.1. The zero-order valence-electron chi connectivity index (χ0n) is 17.5. The number of aryl methyl sites for hydroxylation is 2. The summed E-state index contributed by atoms with van der Waals surface area (Å²) in [6, 6.07) is 3.65. The van der Waals surface area contributed by atoms with Gasteiger partial charge in [0.05, 0.1) is 33.6 Å². The lowest BCUT2D eigenvalue weighted by Gasteiger charge is -2.20. The van der Waals surface area contributed by atoms with Crippen LogP contribution in [-0.2, 0) is 17.3 Å². The normalized spacial score (nSPS) is 17.0. The molecule has 0 bridgehead atoms. The van der Waals surface area contributed by atoms with Crippen molar-refractivity contribution in [3.05, 3.63) is 57.1 Å². The Kier molecular flexibility index (Phi) is 6.01. The molecule has 1 atom stereocenters. The first-order valence-electron chi connectivity index (χ1n) is 9.81. The number of alkyl halides is 1. The number of benzene rings is 2. The van der Waals surface area contributed by atoms with Gasteiger partial charge in [-0.2, -0.15) is 12.7 Å². The summed E-state index contributed by atoms with van der Waals surface area (Å²) in [5.41, 5.74) is -0.213. The van der Waals surface area contributed by atoms with Gasteiger partial charge in [0.25, 0.3) is 5.56 Å². The van der Waals surface area contributed by atoms with Gasteiger partial charge in [-0.15, -0.1) is 0 Å². The minimum Gasteiger partial charge on any atom is -0.352 e. The van der Waals surface area contributed by atoms with E-state index < -0.39 is 44.4 Å². The third kappa shape index (κ3) is 4.25. The Labute approximate surface area is 192 Å². The maximum absolute atomic E-state index is 14.7. The zero-order chi connectivity index (χ0) is 24.1. The first-order valence-corrected chi connectivity index (χ1v) is 11.6. The monoisotopic (exact) mass is 501 g/mol. The molecule has 3 aromatic rings. The Bertz CT molecular complexity index is 1430. The van der Waals surface area contributed by atoms with Crippen molar-refractivity contribution >= 4 is 49.8 Å². The molecule has 2 N–H and O–H groups in total. The van der Waals surface area contributed by atoms with Crippen LogP contribution in [-0.4, -0.2) is 41.5 Å². The van der Waals surface area contributed by atoms with E-state index >= 15 is 0 Å². The Morgan fingerprint density at radius 2 is 1.97 bits per heavy atom. The second-order valence-corrected chi connectivity index (χ2v) is 9.73. The summed E-state index contributed by atoms with van der Waals surface area (Å²) >= 11 is 6.24. The largest absolute Gasteiger partial charge is 0.352 e. The predicted octanol–water partition coefficient (Wildman–Crippen LogP) is 3.62. The molecule has 2 heterocycles. The molecule has 0 aliphatic carbocycles. The number of nitrogens with zero attached hydrogens (tertiary/aromatic N) is 3. The Morgan fingerprint density at radius 1 is 1.24 bits per heavy atom. The van der Waals surface area contributed by atoms with Crippen LogP contribution >= 0.6 is 11.6 Å². The van der Waals surface area contributed by atoms with Gasteiger partial charge >= 0.3 is 10.2 Å². The molecule has 0 unspecified atom stereocenters. The molecular formula is C20H19ClF3N5O3S. The molecule has 13 heteroatoms. The molecule has 0 saturated carbocycles. The van der Waals surface area contributed by atoms with Gasteiger partial charge in [-0.25, -0.2) is 18.2 Å². The molecule has 1 aliphatic rings. The molecule has 2 aromatic carbocycles. The molecule has 176 valence electrons. The molecule has 4 rings (SSSR count). The molecule has 0 spiro atoms. The standard InChI is InChI=1S/C20H19ClF3N5O3S/c1-10-13(3-4-14-16(10)20(30)28(2)9-25-14)26-19-17(21)15(7-12(23)18(19)24)27-33(31,32)29-6-5-11(22)8-29/h3-4,7,9,11,26-27H,5-6,8H2,1-2H3/t11-/m1/s1. The number of rotatable bonds is 5.